The number of carbonyl (C=O) groups excluding carboxylic acids is 1. The van der Waals surface area contributed by atoms with Crippen molar-refractivity contribution in [3.05, 3.63) is 35.4 Å². The molecule has 0 saturated heterocycles. The van der Waals surface area contributed by atoms with Gasteiger partial charge in [0.15, 0.2) is 0 Å². The Morgan fingerprint density at radius 1 is 1.24 bits per heavy atom. The van der Waals surface area contributed by atoms with Gasteiger partial charge in [0.05, 0.1) is 0 Å². The zero-order chi connectivity index (χ0) is 15.9. The van der Waals surface area contributed by atoms with E-state index in [2.05, 4.69) is 37.4 Å². The normalized spacial score (nSPS) is 12.8. The molecule has 1 aromatic carbocycles. The molecular weight excluding hydrogens is 262 g/mol. The number of benzene rings is 1. The number of hydrogen-bond acceptors (Lipinski definition) is 2. The van der Waals surface area contributed by atoms with Gasteiger partial charge in [-0.15, -0.1) is 0 Å². The summed E-state index contributed by atoms with van der Waals surface area (Å²) in [5.41, 5.74) is 2.03. The first-order chi connectivity index (χ1) is 9.81. The van der Waals surface area contributed by atoms with Crippen LogP contribution >= 0.6 is 0 Å². The Bertz CT molecular complexity index is 449. The highest BCUT2D eigenvalue weighted by Crippen LogP contribution is 2.16. The highest BCUT2D eigenvalue weighted by Gasteiger charge is 2.16. The number of rotatable bonds is 6. The van der Waals surface area contributed by atoms with Crippen LogP contribution < -0.4 is 5.32 Å². The summed E-state index contributed by atoms with van der Waals surface area (Å²) < 4.78 is 5.26. The number of carbonyl (C=O) groups is 1. The van der Waals surface area contributed by atoms with Crippen LogP contribution in [0, 0.1) is 5.92 Å². The molecule has 0 bridgehead atoms. The van der Waals surface area contributed by atoms with E-state index in [-0.39, 0.29) is 6.09 Å². The number of hydrogen-bond donors (Lipinski definition) is 1. The predicted octanol–water partition coefficient (Wildman–Crippen LogP) is 4.69. The SMILES string of the molecule is CCC(C)CCc1ccccc1CNC(=O)OC(C)(C)C. The van der Waals surface area contributed by atoms with Gasteiger partial charge in [0.1, 0.15) is 5.60 Å². The fourth-order valence-corrected chi connectivity index (χ4v) is 2.06. The molecule has 0 fully saturated rings. The smallest absolute Gasteiger partial charge is 0.407 e. The monoisotopic (exact) mass is 291 g/mol. The van der Waals surface area contributed by atoms with Crippen molar-refractivity contribution in [2.75, 3.05) is 0 Å². The summed E-state index contributed by atoms with van der Waals surface area (Å²) in [6.07, 6.45) is 3.08. The van der Waals surface area contributed by atoms with Gasteiger partial charge in [-0.2, -0.15) is 0 Å². The molecular formula is C18H29NO2. The Labute approximate surface area is 129 Å². The van der Waals surface area contributed by atoms with E-state index in [1.165, 1.54) is 24.0 Å². The molecule has 1 N–H and O–H groups in total. The van der Waals surface area contributed by atoms with Gasteiger partial charge in [-0.1, -0.05) is 44.5 Å². The molecule has 0 saturated carbocycles. The largest absolute Gasteiger partial charge is 0.444 e. The highest BCUT2D eigenvalue weighted by molar-refractivity contribution is 5.67. The van der Waals surface area contributed by atoms with Crippen LogP contribution in [-0.2, 0) is 17.7 Å². The number of amides is 1. The molecule has 0 spiro atoms. The van der Waals surface area contributed by atoms with Crippen LogP contribution in [0.2, 0.25) is 0 Å². The van der Waals surface area contributed by atoms with E-state index >= 15 is 0 Å². The topological polar surface area (TPSA) is 38.3 Å². The molecule has 1 unspecified atom stereocenters. The summed E-state index contributed by atoms with van der Waals surface area (Å²) in [6, 6.07) is 8.29. The molecule has 0 aromatic heterocycles. The van der Waals surface area contributed by atoms with Crippen molar-refractivity contribution in [2.24, 2.45) is 5.92 Å². The summed E-state index contributed by atoms with van der Waals surface area (Å²) in [5, 5.41) is 2.84. The van der Waals surface area contributed by atoms with Gasteiger partial charge in [-0.25, -0.2) is 4.79 Å². The van der Waals surface area contributed by atoms with Gasteiger partial charge < -0.3 is 10.1 Å². The minimum Gasteiger partial charge on any atom is -0.444 e. The Morgan fingerprint density at radius 3 is 2.43 bits per heavy atom. The maximum absolute atomic E-state index is 11.7. The molecule has 1 amide bonds. The van der Waals surface area contributed by atoms with E-state index < -0.39 is 5.60 Å². The van der Waals surface area contributed by atoms with Crippen molar-refractivity contribution in [1.29, 1.82) is 0 Å². The Morgan fingerprint density at radius 2 is 1.86 bits per heavy atom. The second-order valence-corrected chi connectivity index (χ2v) is 6.68. The van der Waals surface area contributed by atoms with Crippen LogP contribution in [0.5, 0.6) is 0 Å². The summed E-state index contributed by atoms with van der Waals surface area (Å²) in [4.78, 5) is 11.7. The van der Waals surface area contributed by atoms with Crippen LogP contribution in [0.15, 0.2) is 24.3 Å². The average Bonchev–Trinajstić information content (AvgIpc) is 2.41. The molecule has 3 heteroatoms. The third kappa shape index (κ3) is 7.16. The van der Waals surface area contributed by atoms with E-state index in [1.54, 1.807) is 0 Å². The molecule has 21 heavy (non-hydrogen) atoms. The predicted molar refractivity (Wildman–Crippen MR) is 87.3 cm³/mol. The first-order valence-corrected chi connectivity index (χ1v) is 7.85. The molecule has 1 aromatic rings. The number of nitrogens with one attached hydrogen (secondary N) is 1. The minimum absolute atomic E-state index is 0.362. The third-order valence-corrected chi connectivity index (χ3v) is 3.54. The van der Waals surface area contributed by atoms with E-state index in [4.69, 9.17) is 4.74 Å². The van der Waals surface area contributed by atoms with Crippen molar-refractivity contribution in [1.82, 2.24) is 5.32 Å². The third-order valence-electron chi connectivity index (χ3n) is 3.54. The Kier molecular flexibility index (Phi) is 6.73. The number of ether oxygens (including phenoxy) is 1. The van der Waals surface area contributed by atoms with Crippen molar-refractivity contribution in [2.45, 2.75) is 66.0 Å². The minimum atomic E-state index is -0.458. The molecule has 0 heterocycles. The molecule has 0 aliphatic carbocycles. The van der Waals surface area contributed by atoms with E-state index in [0.717, 1.165) is 12.3 Å². The first kappa shape index (κ1) is 17.5. The van der Waals surface area contributed by atoms with Gasteiger partial charge in [0, 0.05) is 6.54 Å². The fraction of sp³-hybridized carbons (Fsp3) is 0.611. The van der Waals surface area contributed by atoms with Gasteiger partial charge in [0.2, 0.25) is 0 Å². The van der Waals surface area contributed by atoms with Crippen LogP contribution in [-0.4, -0.2) is 11.7 Å². The number of aryl methyl sites for hydroxylation is 1. The van der Waals surface area contributed by atoms with Crippen molar-refractivity contribution in [3.63, 3.8) is 0 Å². The maximum atomic E-state index is 11.7. The van der Waals surface area contributed by atoms with Crippen molar-refractivity contribution in [3.8, 4) is 0 Å². The van der Waals surface area contributed by atoms with Crippen molar-refractivity contribution < 1.29 is 9.53 Å². The van der Waals surface area contributed by atoms with E-state index in [1.807, 2.05) is 26.8 Å². The first-order valence-electron chi connectivity index (χ1n) is 7.85. The quantitative estimate of drug-likeness (QED) is 0.825. The highest BCUT2D eigenvalue weighted by atomic mass is 16.6. The lowest BCUT2D eigenvalue weighted by atomic mass is 9.96. The van der Waals surface area contributed by atoms with Gasteiger partial charge in [-0.3, -0.25) is 0 Å². The molecule has 3 nitrogen and oxygen atoms in total. The lowest BCUT2D eigenvalue weighted by Gasteiger charge is -2.20. The molecule has 0 aliphatic rings. The zero-order valence-corrected chi connectivity index (χ0v) is 14.0. The van der Waals surface area contributed by atoms with Gasteiger partial charge in [0.25, 0.3) is 0 Å². The fourth-order valence-electron chi connectivity index (χ4n) is 2.06. The summed E-state index contributed by atoms with van der Waals surface area (Å²) in [7, 11) is 0. The summed E-state index contributed by atoms with van der Waals surface area (Å²) in [5.74, 6) is 0.733. The standard InChI is InChI=1S/C18H29NO2/c1-6-14(2)11-12-15-9-7-8-10-16(15)13-19-17(20)21-18(3,4)5/h7-10,14H,6,11-13H2,1-5H3,(H,19,20). The summed E-state index contributed by atoms with van der Waals surface area (Å²) >= 11 is 0. The second kappa shape index (κ2) is 8.06. The van der Waals surface area contributed by atoms with Crippen LogP contribution in [0.1, 0.15) is 58.6 Å². The lowest BCUT2D eigenvalue weighted by Crippen LogP contribution is -2.32. The zero-order valence-electron chi connectivity index (χ0n) is 14.0. The van der Waals surface area contributed by atoms with Crippen LogP contribution in [0.3, 0.4) is 0 Å². The van der Waals surface area contributed by atoms with Crippen LogP contribution in [0.25, 0.3) is 0 Å². The lowest BCUT2D eigenvalue weighted by molar-refractivity contribution is 0.0523. The Balaban J connectivity index is 2.57. The molecule has 118 valence electrons. The second-order valence-electron chi connectivity index (χ2n) is 6.68. The molecule has 1 atom stereocenters. The van der Waals surface area contributed by atoms with Gasteiger partial charge >= 0.3 is 6.09 Å². The van der Waals surface area contributed by atoms with E-state index in [9.17, 15) is 4.79 Å². The van der Waals surface area contributed by atoms with Crippen LogP contribution in [0.4, 0.5) is 4.79 Å². The number of alkyl carbamates (subject to hydrolysis) is 1. The molecule has 0 aliphatic heterocycles. The van der Waals surface area contributed by atoms with Gasteiger partial charge in [-0.05, 0) is 50.7 Å². The average molecular weight is 291 g/mol. The van der Waals surface area contributed by atoms with E-state index in [0.29, 0.717) is 6.54 Å². The Hall–Kier alpha value is -1.51. The van der Waals surface area contributed by atoms with Crippen molar-refractivity contribution >= 4 is 6.09 Å². The molecule has 1 rings (SSSR count). The molecule has 0 radical (unpaired) electrons. The maximum Gasteiger partial charge on any atom is 0.407 e. The summed E-state index contributed by atoms with van der Waals surface area (Å²) in [6.45, 7) is 10.6.